The van der Waals surface area contributed by atoms with E-state index in [9.17, 15) is 4.79 Å². The summed E-state index contributed by atoms with van der Waals surface area (Å²) in [6, 6.07) is 8.48. The molecule has 1 aromatic carbocycles. The standard InChI is InChI=1S/C18H16N2O5/c1-23-16-8-12(4-3-11(16)7-18(21)22)25-15-5-6-19-14-9-17(24-2)20-10-13(14)15/h3-6,8-10H,7H2,1-2H3,(H,21,22). The summed E-state index contributed by atoms with van der Waals surface area (Å²) in [7, 11) is 3.03. The molecular formula is C18H16N2O5. The van der Waals surface area contributed by atoms with Crippen molar-refractivity contribution in [3.63, 3.8) is 0 Å². The SMILES string of the molecule is COc1cc2nccc(Oc3ccc(CC(=O)O)c(OC)c3)c2cn1. The number of benzene rings is 1. The minimum absolute atomic E-state index is 0.120. The number of carboxylic acid groups (broad SMARTS) is 1. The van der Waals surface area contributed by atoms with Crippen molar-refractivity contribution in [2.24, 2.45) is 0 Å². The van der Waals surface area contributed by atoms with Gasteiger partial charge in [0.1, 0.15) is 17.2 Å². The van der Waals surface area contributed by atoms with Crippen LogP contribution >= 0.6 is 0 Å². The van der Waals surface area contributed by atoms with Crippen LogP contribution in [0.5, 0.6) is 23.1 Å². The maximum atomic E-state index is 10.9. The van der Waals surface area contributed by atoms with Gasteiger partial charge in [0.2, 0.25) is 5.88 Å². The Kier molecular flexibility index (Phi) is 4.65. The van der Waals surface area contributed by atoms with E-state index >= 15 is 0 Å². The Labute approximate surface area is 143 Å². The van der Waals surface area contributed by atoms with Crippen LogP contribution in [-0.4, -0.2) is 35.3 Å². The molecule has 0 unspecified atom stereocenters. The van der Waals surface area contributed by atoms with Crippen LogP contribution in [0.25, 0.3) is 10.9 Å². The van der Waals surface area contributed by atoms with Crippen LogP contribution < -0.4 is 14.2 Å². The molecule has 3 rings (SSSR count). The lowest BCUT2D eigenvalue weighted by molar-refractivity contribution is -0.136. The van der Waals surface area contributed by atoms with Crippen LogP contribution in [0.15, 0.2) is 42.7 Å². The average molecular weight is 340 g/mol. The van der Waals surface area contributed by atoms with E-state index in [1.165, 1.54) is 7.11 Å². The smallest absolute Gasteiger partial charge is 0.307 e. The van der Waals surface area contributed by atoms with Crippen LogP contribution in [0.1, 0.15) is 5.56 Å². The van der Waals surface area contributed by atoms with Crippen molar-refractivity contribution in [3.05, 3.63) is 48.3 Å². The van der Waals surface area contributed by atoms with E-state index in [2.05, 4.69) is 9.97 Å². The minimum atomic E-state index is -0.924. The Morgan fingerprint density at radius 1 is 1.08 bits per heavy atom. The van der Waals surface area contributed by atoms with Gasteiger partial charge >= 0.3 is 5.97 Å². The van der Waals surface area contributed by atoms with Crippen molar-refractivity contribution in [2.75, 3.05) is 14.2 Å². The third-order valence-electron chi connectivity index (χ3n) is 3.60. The molecule has 0 aliphatic carbocycles. The summed E-state index contributed by atoms with van der Waals surface area (Å²) in [5.41, 5.74) is 1.27. The molecule has 2 aromatic heterocycles. The molecule has 0 aliphatic heterocycles. The molecular weight excluding hydrogens is 324 g/mol. The highest BCUT2D eigenvalue weighted by Crippen LogP contribution is 2.32. The second-order valence-electron chi connectivity index (χ2n) is 5.20. The summed E-state index contributed by atoms with van der Waals surface area (Å²) in [5.74, 6) is 1.10. The summed E-state index contributed by atoms with van der Waals surface area (Å²) in [6.07, 6.45) is 3.14. The summed E-state index contributed by atoms with van der Waals surface area (Å²) in [4.78, 5) is 19.4. The van der Waals surface area contributed by atoms with Crippen molar-refractivity contribution < 1.29 is 24.1 Å². The van der Waals surface area contributed by atoms with E-state index in [0.29, 0.717) is 34.2 Å². The van der Waals surface area contributed by atoms with Gasteiger partial charge in [-0.2, -0.15) is 0 Å². The first kappa shape index (κ1) is 16.5. The zero-order chi connectivity index (χ0) is 17.8. The fourth-order valence-electron chi connectivity index (χ4n) is 2.42. The van der Waals surface area contributed by atoms with Crippen LogP contribution in [0.4, 0.5) is 0 Å². The number of pyridine rings is 2. The molecule has 0 amide bonds. The van der Waals surface area contributed by atoms with Crippen molar-refractivity contribution in [2.45, 2.75) is 6.42 Å². The highest BCUT2D eigenvalue weighted by Gasteiger charge is 2.11. The van der Waals surface area contributed by atoms with Crippen molar-refractivity contribution in [3.8, 4) is 23.1 Å². The Bertz CT molecular complexity index is 926. The molecule has 25 heavy (non-hydrogen) atoms. The number of ether oxygens (including phenoxy) is 3. The first-order chi connectivity index (χ1) is 12.1. The van der Waals surface area contributed by atoms with Crippen LogP contribution in [0.2, 0.25) is 0 Å². The van der Waals surface area contributed by atoms with Gasteiger partial charge in [-0.1, -0.05) is 6.07 Å². The van der Waals surface area contributed by atoms with Gasteiger partial charge in [-0.25, -0.2) is 4.98 Å². The quantitative estimate of drug-likeness (QED) is 0.737. The summed E-state index contributed by atoms with van der Waals surface area (Å²) >= 11 is 0. The first-order valence-electron chi connectivity index (χ1n) is 7.46. The first-order valence-corrected chi connectivity index (χ1v) is 7.46. The van der Waals surface area contributed by atoms with Crippen molar-refractivity contribution in [1.29, 1.82) is 0 Å². The summed E-state index contributed by atoms with van der Waals surface area (Å²) in [5, 5.41) is 9.67. The van der Waals surface area contributed by atoms with Gasteiger partial charge in [0.15, 0.2) is 0 Å². The second kappa shape index (κ2) is 7.04. The fraction of sp³-hybridized carbons (Fsp3) is 0.167. The number of carboxylic acids is 1. The molecule has 0 fully saturated rings. The highest BCUT2D eigenvalue weighted by atomic mass is 16.5. The molecule has 7 heteroatoms. The number of aliphatic carboxylic acids is 1. The molecule has 2 heterocycles. The Morgan fingerprint density at radius 3 is 2.64 bits per heavy atom. The van der Waals surface area contributed by atoms with E-state index in [1.807, 2.05) is 0 Å². The molecule has 0 radical (unpaired) electrons. The van der Waals surface area contributed by atoms with Crippen LogP contribution in [-0.2, 0) is 11.2 Å². The minimum Gasteiger partial charge on any atom is -0.496 e. The molecule has 0 aliphatic rings. The van der Waals surface area contributed by atoms with Gasteiger partial charge in [0, 0.05) is 30.1 Å². The lowest BCUT2D eigenvalue weighted by Gasteiger charge is -2.12. The number of carbonyl (C=O) groups is 1. The van der Waals surface area contributed by atoms with Crippen molar-refractivity contribution >= 4 is 16.9 Å². The molecule has 3 aromatic rings. The third kappa shape index (κ3) is 3.60. The molecule has 0 atom stereocenters. The summed E-state index contributed by atoms with van der Waals surface area (Å²) in [6.45, 7) is 0. The Balaban J connectivity index is 1.94. The molecule has 1 N–H and O–H groups in total. The van der Waals surface area contributed by atoms with Crippen LogP contribution in [0.3, 0.4) is 0 Å². The molecule has 0 saturated carbocycles. The maximum absolute atomic E-state index is 10.9. The number of aromatic nitrogens is 2. The van der Waals surface area contributed by atoms with Gasteiger partial charge in [-0.3, -0.25) is 9.78 Å². The lowest BCUT2D eigenvalue weighted by atomic mass is 10.1. The van der Waals surface area contributed by atoms with Gasteiger partial charge in [-0.05, 0) is 12.1 Å². The largest absolute Gasteiger partial charge is 0.496 e. The van der Waals surface area contributed by atoms with Gasteiger partial charge in [0.05, 0.1) is 31.5 Å². The molecule has 0 saturated heterocycles. The van der Waals surface area contributed by atoms with E-state index in [4.69, 9.17) is 19.3 Å². The third-order valence-corrected chi connectivity index (χ3v) is 3.60. The van der Waals surface area contributed by atoms with E-state index < -0.39 is 5.97 Å². The zero-order valence-corrected chi connectivity index (χ0v) is 13.7. The van der Waals surface area contributed by atoms with E-state index in [0.717, 1.165) is 5.39 Å². The number of hydrogen-bond donors (Lipinski definition) is 1. The fourth-order valence-corrected chi connectivity index (χ4v) is 2.42. The topological polar surface area (TPSA) is 90.8 Å². The van der Waals surface area contributed by atoms with E-state index in [-0.39, 0.29) is 6.42 Å². The number of rotatable bonds is 6. The molecule has 128 valence electrons. The predicted octanol–water partition coefficient (Wildman–Crippen LogP) is 3.07. The van der Waals surface area contributed by atoms with E-state index in [1.54, 1.807) is 49.8 Å². The molecule has 7 nitrogen and oxygen atoms in total. The van der Waals surface area contributed by atoms with Crippen molar-refractivity contribution in [1.82, 2.24) is 9.97 Å². The number of hydrogen-bond acceptors (Lipinski definition) is 6. The van der Waals surface area contributed by atoms with Gasteiger partial charge < -0.3 is 19.3 Å². The van der Waals surface area contributed by atoms with Crippen LogP contribution in [0, 0.1) is 0 Å². The normalized spacial score (nSPS) is 10.5. The Hall–Kier alpha value is -3.35. The monoisotopic (exact) mass is 340 g/mol. The number of methoxy groups -OCH3 is 2. The van der Waals surface area contributed by atoms with Gasteiger partial charge in [-0.15, -0.1) is 0 Å². The summed E-state index contributed by atoms with van der Waals surface area (Å²) < 4.78 is 16.3. The molecule has 0 spiro atoms. The maximum Gasteiger partial charge on any atom is 0.307 e. The Morgan fingerprint density at radius 2 is 1.92 bits per heavy atom. The molecule has 0 bridgehead atoms. The predicted molar refractivity (Wildman–Crippen MR) is 90.5 cm³/mol. The zero-order valence-electron chi connectivity index (χ0n) is 13.7. The van der Waals surface area contributed by atoms with Gasteiger partial charge in [0.25, 0.3) is 0 Å². The lowest BCUT2D eigenvalue weighted by Crippen LogP contribution is -2.02. The number of nitrogens with zero attached hydrogens (tertiary/aromatic N) is 2. The average Bonchev–Trinajstić information content (AvgIpc) is 2.62. The highest BCUT2D eigenvalue weighted by molar-refractivity contribution is 5.85. The number of fused-ring (bicyclic) bond motifs is 1. The second-order valence-corrected chi connectivity index (χ2v) is 5.20.